The Balaban J connectivity index is 1.19. The number of nitrogens with zero attached hydrogens (tertiary/aromatic N) is 4. The van der Waals surface area contributed by atoms with Gasteiger partial charge >= 0.3 is 0 Å². The van der Waals surface area contributed by atoms with Crippen LogP contribution < -0.4 is 0 Å². The van der Waals surface area contributed by atoms with Gasteiger partial charge in [0.15, 0.2) is 0 Å². The lowest BCUT2D eigenvalue weighted by Crippen LogP contribution is -2.38. The van der Waals surface area contributed by atoms with Crippen LogP contribution in [-0.2, 0) is 11.2 Å². The van der Waals surface area contributed by atoms with Gasteiger partial charge in [0.05, 0.1) is 34.3 Å². The lowest BCUT2D eigenvalue weighted by Gasteiger charge is -2.31. The van der Waals surface area contributed by atoms with Crippen molar-refractivity contribution in [3.8, 4) is 39.7 Å². The molecule has 8 heteroatoms. The van der Waals surface area contributed by atoms with Gasteiger partial charge in [0.25, 0.3) is 0 Å². The standard InChI is InChI=1S/C31H26N4O2S2/c1-20-29(30(34-37-20)25-5-2-4-24(16-25)22-9-7-21(18-32)8-10-22)27-19-39-31(33-27)23-11-13-35(14-12-23)28(36)17-26-6-3-15-38-26/h2-10,15-16,19,23H,11-14,17H2,1H3. The third-order valence-electron chi connectivity index (χ3n) is 7.23. The smallest absolute Gasteiger partial charge is 0.227 e. The molecule has 5 aromatic rings. The molecule has 0 bridgehead atoms. The van der Waals surface area contributed by atoms with Crippen molar-refractivity contribution in [2.45, 2.75) is 32.1 Å². The van der Waals surface area contributed by atoms with Crippen LogP contribution in [0.15, 0.2) is 75.9 Å². The van der Waals surface area contributed by atoms with Crippen molar-refractivity contribution in [1.29, 1.82) is 5.26 Å². The summed E-state index contributed by atoms with van der Waals surface area (Å²) in [6, 6.07) is 21.9. The molecule has 6 nitrogen and oxygen atoms in total. The zero-order valence-corrected chi connectivity index (χ0v) is 23.1. The molecule has 39 heavy (non-hydrogen) atoms. The van der Waals surface area contributed by atoms with Gasteiger partial charge < -0.3 is 9.42 Å². The first-order chi connectivity index (χ1) is 19.1. The predicted octanol–water partition coefficient (Wildman–Crippen LogP) is 7.32. The largest absolute Gasteiger partial charge is 0.360 e. The molecule has 6 rings (SSSR count). The highest BCUT2D eigenvalue weighted by Crippen LogP contribution is 2.39. The van der Waals surface area contributed by atoms with Gasteiger partial charge in [-0.15, -0.1) is 22.7 Å². The molecule has 0 N–H and O–H groups in total. The van der Waals surface area contributed by atoms with Gasteiger partial charge in [0.1, 0.15) is 11.5 Å². The molecule has 0 radical (unpaired) electrons. The van der Waals surface area contributed by atoms with Crippen LogP contribution in [0, 0.1) is 18.3 Å². The Morgan fingerprint density at radius 1 is 1.05 bits per heavy atom. The van der Waals surface area contributed by atoms with Crippen molar-refractivity contribution in [2.75, 3.05) is 13.1 Å². The molecule has 1 amide bonds. The zero-order chi connectivity index (χ0) is 26.8. The van der Waals surface area contributed by atoms with E-state index in [1.54, 1.807) is 22.7 Å². The molecule has 3 aromatic heterocycles. The van der Waals surface area contributed by atoms with Crippen LogP contribution in [0.25, 0.3) is 33.6 Å². The van der Waals surface area contributed by atoms with Crippen molar-refractivity contribution in [3.63, 3.8) is 0 Å². The molecule has 0 aliphatic carbocycles. The molecular formula is C31H26N4O2S2. The van der Waals surface area contributed by atoms with E-state index in [1.165, 1.54) is 0 Å². The van der Waals surface area contributed by atoms with Crippen LogP contribution in [0.3, 0.4) is 0 Å². The van der Waals surface area contributed by atoms with E-state index in [2.05, 4.69) is 28.7 Å². The molecule has 0 atom stereocenters. The fourth-order valence-corrected chi connectivity index (χ4v) is 6.77. The molecule has 194 valence electrons. The van der Waals surface area contributed by atoms with Crippen LogP contribution >= 0.6 is 22.7 Å². The monoisotopic (exact) mass is 550 g/mol. The van der Waals surface area contributed by atoms with Crippen LogP contribution in [0.2, 0.25) is 0 Å². The molecule has 0 saturated carbocycles. The Morgan fingerprint density at radius 2 is 1.85 bits per heavy atom. The highest BCUT2D eigenvalue weighted by atomic mass is 32.1. The van der Waals surface area contributed by atoms with Gasteiger partial charge in [-0.2, -0.15) is 5.26 Å². The molecule has 1 saturated heterocycles. The quantitative estimate of drug-likeness (QED) is 0.221. The number of rotatable bonds is 6. The van der Waals surface area contributed by atoms with Crippen LogP contribution in [-0.4, -0.2) is 34.0 Å². The number of aromatic nitrogens is 2. The van der Waals surface area contributed by atoms with E-state index in [0.29, 0.717) is 17.9 Å². The number of thiazole rings is 1. The van der Waals surface area contributed by atoms with Crippen LogP contribution in [0.4, 0.5) is 0 Å². The number of aryl methyl sites for hydroxylation is 1. The minimum absolute atomic E-state index is 0.212. The Morgan fingerprint density at radius 3 is 2.59 bits per heavy atom. The van der Waals surface area contributed by atoms with Crippen LogP contribution in [0.5, 0.6) is 0 Å². The number of benzene rings is 2. The van der Waals surface area contributed by atoms with Gasteiger partial charge in [-0.1, -0.05) is 41.6 Å². The van der Waals surface area contributed by atoms with Gasteiger partial charge in [-0.25, -0.2) is 4.98 Å². The zero-order valence-electron chi connectivity index (χ0n) is 21.5. The highest BCUT2D eigenvalue weighted by molar-refractivity contribution is 7.10. The molecular weight excluding hydrogens is 525 g/mol. The first-order valence-electron chi connectivity index (χ1n) is 12.9. The van der Waals surface area contributed by atoms with E-state index < -0.39 is 0 Å². The number of amides is 1. The number of hydrogen-bond donors (Lipinski definition) is 0. The van der Waals surface area contributed by atoms with Crippen molar-refractivity contribution >= 4 is 28.6 Å². The Kier molecular flexibility index (Phi) is 7.10. The summed E-state index contributed by atoms with van der Waals surface area (Å²) in [4.78, 5) is 20.9. The number of carbonyl (C=O) groups is 1. The number of carbonyl (C=O) groups excluding carboxylic acids is 1. The van der Waals surface area contributed by atoms with E-state index in [-0.39, 0.29) is 5.91 Å². The van der Waals surface area contributed by atoms with Crippen LogP contribution in [0.1, 0.15) is 40.0 Å². The van der Waals surface area contributed by atoms with E-state index in [1.807, 2.05) is 65.7 Å². The van der Waals surface area contributed by atoms with Crippen molar-refractivity contribution in [2.24, 2.45) is 0 Å². The number of piperidine rings is 1. The van der Waals surface area contributed by atoms with Gasteiger partial charge in [-0.3, -0.25) is 4.79 Å². The fraction of sp³-hybridized carbons (Fsp3) is 0.226. The van der Waals surface area contributed by atoms with Crippen molar-refractivity contribution in [3.05, 3.63) is 92.6 Å². The third kappa shape index (κ3) is 5.29. The maximum atomic E-state index is 12.7. The summed E-state index contributed by atoms with van der Waals surface area (Å²) in [6.07, 6.45) is 2.34. The summed E-state index contributed by atoms with van der Waals surface area (Å²) in [5.74, 6) is 1.29. The topological polar surface area (TPSA) is 83.0 Å². The number of likely N-dealkylation sites (tertiary alicyclic amines) is 1. The summed E-state index contributed by atoms with van der Waals surface area (Å²) in [5.41, 5.74) is 6.24. The molecule has 4 heterocycles. The molecule has 1 aliphatic heterocycles. The second-order valence-corrected chi connectivity index (χ2v) is 11.6. The molecule has 0 spiro atoms. The SMILES string of the molecule is Cc1onc(-c2cccc(-c3ccc(C#N)cc3)c2)c1-c1csc(C2CCN(C(=O)Cc3cccs3)CC2)n1. The van der Waals surface area contributed by atoms with Gasteiger partial charge in [0.2, 0.25) is 5.91 Å². The Bertz CT molecular complexity index is 1640. The lowest BCUT2D eigenvalue weighted by molar-refractivity contribution is -0.131. The number of nitriles is 1. The molecule has 1 fully saturated rings. The Hall–Kier alpha value is -4.06. The fourth-order valence-electron chi connectivity index (χ4n) is 5.09. The maximum Gasteiger partial charge on any atom is 0.227 e. The Labute approximate surface area is 235 Å². The summed E-state index contributed by atoms with van der Waals surface area (Å²) in [5, 5.41) is 18.7. The predicted molar refractivity (Wildman–Crippen MR) is 155 cm³/mol. The second kappa shape index (κ2) is 11.0. The average Bonchev–Trinajstić information content (AvgIpc) is 3.75. The van der Waals surface area contributed by atoms with E-state index in [9.17, 15) is 4.79 Å². The van der Waals surface area contributed by atoms with Crippen molar-refractivity contribution < 1.29 is 9.32 Å². The molecule has 0 unspecified atom stereocenters. The summed E-state index contributed by atoms with van der Waals surface area (Å²) < 4.78 is 5.65. The number of hydrogen-bond acceptors (Lipinski definition) is 7. The highest BCUT2D eigenvalue weighted by Gasteiger charge is 2.27. The summed E-state index contributed by atoms with van der Waals surface area (Å²) in [7, 11) is 0. The minimum atomic E-state index is 0.212. The van der Waals surface area contributed by atoms with Gasteiger partial charge in [-0.05, 0) is 60.5 Å². The van der Waals surface area contributed by atoms with E-state index >= 15 is 0 Å². The maximum absolute atomic E-state index is 12.7. The van der Waals surface area contributed by atoms with E-state index in [0.717, 1.165) is 75.2 Å². The molecule has 2 aromatic carbocycles. The van der Waals surface area contributed by atoms with E-state index in [4.69, 9.17) is 14.8 Å². The molecule has 1 aliphatic rings. The summed E-state index contributed by atoms with van der Waals surface area (Å²) >= 11 is 3.31. The third-order valence-corrected chi connectivity index (χ3v) is 9.11. The first kappa shape index (κ1) is 25.2. The lowest BCUT2D eigenvalue weighted by atomic mass is 9.97. The van der Waals surface area contributed by atoms with Crippen molar-refractivity contribution in [1.82, 2.24) is 15.0 Å². The summed E-state index contributed by atoms with van der Waals surface area (Å²) in [6.45, 7) is 3.46. The average molecular weight is 551 g/mol. The number of thiophene rings is 1. The minimum Gasteiger partial charge on any atom is -0.360 e. The first-order valence-corrected chi connectivity index (χ1v) is 14.7. The normalized spacial score (nSPS) is 13.9. The second-order valence-electron chi connectivity index (χ2n) is 9.71. The van der Waals surface area contributed by atoms with Gasteiger partial charge in [0, 0.05) is 34.8 Å².